The van der Waals surface area contributed by atoms with Gasteiger partial charge in [-0.1, -0.05) is 0 Å². The molecule has 1 aromatic carbocycles. The third kappa shape index (κ3) is 3.35. The monoisotopic (exact) mass is 210 g/mol. The van der Waals surface area contributed by atoms with Crippen molar-refractivity contribution in [3.63, 3.8) is 0 Å². The van der Waals surface area contributed by atoms with Crippen LogP contribution in [0.2, 0.25) is 0 Å². The quantitative estimate of drug-likeness (QED) is 0.761. The van der Waals surface area contributed by atoms with Crippen molar-refractivity contribution in [1.82, 2.24) is 5.32 Å². The van der Waals surface area contributed by atoms with Gasteiger partial charge in [-0.3, -0.25) is 4.79 Å². The van der Waals surface area contributed by atoms with Gasteiger partial charge in [0, 0.05) is 5.56 Å². The minimum atomic E-state index is -0.636. The maximum absolute atomic E-state index is 13.0. The summed E-state index contributed by atoms with van der Waals surface area (Å²) >= 11 is 0. The van der Waals surface area contributed by atoms with Crippen molar-refractivity contribution < 1.29 is 13.6 Å². The van der Waals surface area contributed by atoms with Crippen molar-refractivity contribution in [3.8, 4) is 6.07 Å². The number of rotatable bonds is 3. The van der Waals surface area contributed by atoms with Gasteiger partial charge >= 0.3 is 0 Å². The molecule has 78 valence electrons. The Kier molecular flexibility index (Phi) is 3.75. The maximum atomic E-state index is 13.0. The lowest BCUT2D eigenvalue weighted by atomic mass is 10.1. The molecule has 0 aliphatic rings. The SMILES string of the molecule is N#CCNC(=O)Cc1cc(F)ccc1F. The van der Waals surface area contributed by atoms with E-state index in [0.717, 1.165) is 18.2 Å². The van der Waals surface area contributed by atoms with E-state index in [1.54, 1.807) is 6.07 Å². The molecule has 1 N–H and O–H groups in total. The van der Waals surface area contributed by atoms with Gasteiger partial charge in [0.05, 0.1) is 12.5 Å². The number of benzene rings is 1. The molecule has 1 rings (SSSR count). The van der Waals surface area contributed by atoms with Crippen LogP contribution in [0.25, 0.3) is 0 Å². The first-order chi connectivity index (χ1) is 7.13. The molecule has 3 nitrogen and oxygen atoms in total. The van der Waals surface area contributed by atoms with Gasteiger partial charge in [0.25, 0.3) is 0 Å². The highest BCUT2D eigenvalue weighted by Gasteiger charge is 2.08. The van der Waals surface area contributed by atoms with Gasteiger partial charge in [0.15, 0.2) is 0 Å². The summed E-state index contributed by atoms with van der Waals surface area (Å²) in [6, 6.07) is 4.61. The molecular formula is C10H8F2N2O. The van der Waals surface area contributed by atoms with Crippen LogP contribution < -0.4 is 5.32 Å². The van der Waals surface area contributed by atoms with Crippen molar-refractivity contribution in [1.29, 1.82) is 5.26 Å². The normalized spacial score (nSPS) is 9.40. The molecule has 0 unspecified atom stereocenters. The number of halogens is 2. The number of carbonyl (C=O) groups is 1. The molecule has 0 saturated heterocycles. The zero-order chi connectivity index (χ0) is 11.3. The van der Waals surface area contributed by atoms with Gasteiger partial charge in [0.2, 0.25) is 5.91 Å². The summed E-state index contributed by atoms with van der Waals surface area (Å²) in [6.07, 6.45) is -0.273. The lowest BCUT2D eigenvalue weighted by Gasteiger charge is -2.02. The number of nitriles is 1. The van der Waals surface area contributed by atoms with E-state index in [1.807, 2.05) is 0 Å². The zero-order valence-electron chi connectivity index (χ0n) is 7.76. The van der Waals surface area contributed by atoms with Crippen molar-refractivity contribution in [2.24, 2.45) is 0 Å². The molecule has 0 aliphatic heterocycles. The second-order valence-corrected chi connectivity index (χ2v) is 2.85. The number of nitrogens with zero attached hydrogens (tertiary/aromatic N) is 1. The van der Waals surface area contributed by atoms with Gasteiger partial charge in [-0.05, 0) is 18.2 Å². The van der Waals surface area contributed by atoms with Crippen LogP contribution in [-0.4, -0.2) is 12.5 Å². The summed E-state index contributed by atoms with van der Waals surface area (Å²) in [5.74, 6) is -1.75. The second-order valence-electron chi connectivity index (χ2n) is 2.85. The molecule has 0 atom stereocenters. The Bertz CT molecular complexity index is 412. The Morgan fingerprint density at radius 2 is 2.20 bits per heavy atom. The summed E-state index contributed by atoms with van der Waals surface area (Å²) in [5.41, 5.74) is -0.0227. The van der Waals surface area contributed by atoms with E-state index < -0.39 is 17.5 Å². The topological polar surface area (TPSA) is 52.9 Å². The Balaban J connectivity index is 2.68. The van der Waals surface area contributed by atoms with E-state index in [0.29, 0.717) is 0 Å². The first-order valence-corrected chi connectivity index (χ1v) is 4.21. The fourth-order valence-electron chi connectivity index (χ4n) is 1.05. The van der Waals surface area contributed by atoms with E-state index in [9.17, 15) is 13.6 Å². The molecule has 0 bridgehead atoms. The molecule has 0 aliphatic carbocycles. The maximum Gasteiger partial charge on any atom is 0.225 e. The summed E-state index contributed by atoms with van der Waals surface area (Å²) in [5, 5.41) is 10.4. The average Bonchev–Trinajstić information content (AvgIpc) is 2.20. The van der Waals surface area contributed by atoms with E-state index >= 15 is 0 Å². The number of hydrogen-bond acceptors (Lipinski definition) is 2. The van der Waals surface area contributed by atoms with Crippen LogP contribution in [0.5, 0.6) is 0 Å². The molecule has 1 amide bonds. The number of carbonyl (C=O) groups excluding carboxylic acids is 1. The largest absolute Gasteiger partial charge is 0.343 e. The van der Waals surface area contributed by atoms with Crippen molar-refractivity contribution in [2.45, 2.75) is 6.42 Å². The Morgan fingerprint density at radius 1 is 1.47 bits per heavy atom. The van der Waals surface area contributed by atoms with E-state index in [-0.39, 0.29) is 18.5 Å². The first kappa shape index (κ1) is 11.1. The van der Waals surface area contributed by atoms with Crippen molar-refractivity contribution in [3.05, 3.63) is 35.4 Å². The second kappa shape index (κ2) is 5.05. The minimum Gasteiger partial charge on any atom is -0.343 e. The molecule has 15 heavy (non-hydrogen) atoms. The summed E-state index contributed by atoms with van der Waals surface area (Å²) in [4.78, 5) is 11.1. The highest BCUT2D eigenvalue weighted by Crippen LogP contribution is 2.09. The molecule has 0 aromatic heterocycles. The number of hydrogen-bond donors (Lipinski definition) is 1. The third-order valence-electron chi connectivity index (χ3n) is 1.72. The lowest BCUT2D eigenvalue weighted by Crippen LogP contribution is -2.25. The van der Waals surface area contributed by atoms with Gasteiger partial charge in [0.1, 0.15) is 18.2 Å². The Hall–Kier alpha value is -1.96. The van der Waals surface area contributed by atoms with E-state index in [1.165, 1.54) is 0 Å². The van der Waals surface area contributed by atoms with Crippen LogP contribution in [-0.2, 0) is 11.2 Å². The predicted octanol–water partition coefficient (Wildman–Crippen LogP) is 1.15. The third-order valence-corrected chi connectivity index (χ3v) is 1.72. The standard InChI is InChI=1S/C10H8F2N2O/c11-8-1-2-9(12)7(5-8)6-10(15)14-4-3-13/h1-2,5H,4,6H2,(H,14,15). The van der Waals surface area contributed by atoms with Gasteiger partial charge in [-0.25, -0.2) is 8.78 Å². The summed E-state index contributed by atoms with van der Waals surface area (Å²) < 4.78 is 25.7. The highest BCUT2D eigenvalue weighted by atomic mass is 19.1. The average molecular weight is 210 g/mol. The fraction of sp³-hybridized carbons (Fsp3) is 0.200. The number of amides is 1. The summed E-state index contributed by atoms with van der Waals surface area (Å²) in [6.45, 7) is -0.143. The van der Waals surface area contributed by atoms with E-state index in [2.05, 4.69) is 5.32 Å². The predicted molar refractivity (Wildman–Crippen MR) is 48.7 cm³/mol. The molecule has 0 fully saturated rings. The number of nitrogens with one attached hydrogen (secondary N) is 1. The van der Waals surface area contributed by atoms with Crippen LogP contribution >= 0.6 is 0 Å². The molecule has 0 spiro atoms. The Morgan fingerprint density at radius 3 is 2.87 bits per heavy atom. The zero-order valence-corrected chi connectivity index (χ0v) is 7.76. The molecule has 0 radical (unpaired) electrons. The molecular weight excluding hydrogens is 202 g/mol. The van der Waals surface area contributed by atoms with Gasteiger partial charge in [-0.2, -0.15) is 5.26 Å². The lowest BCUT2D eigenvalue weighted by molar-refractivity contribution is -0.120. The minimum absolute atomic E-state index is 0.0227. The van der Waals surface area contributed by atoms with Crippen LogP contribution in [0.3, 0.4) is 0 Å². The van der Waals surface area contributed by atoms with Crippen molar-refractivity contribution >= 4 is 5.91 Å². The van der Waals surface area contributed by atoms with Crippen LogP contribution in [0.4, 0.5) is 8.78 Å². The molecule has 1 aromatic rings. The fourth-order valence-corrected chi connectivity index (χ4v) is 1.05. The van der Waals surface area contributed by atoms with Gasteiger partial charge in [-0.15, -0.1) is 0 Å². The van der Waals surface area contributed by atoms with Crippen LogP contribution in [0.1, 0.15) is 5.56 Å². The smallest absolute Gasteiger partial charge is 0.225 e. The van der Waals surface area contributed by atoms with Gasteiger partial charge < -0.3 is 5.32 Å². The van der Waals surface area contributed by atoms with E-state index in [4.69, 9.17) is 5.26 Å². The summed E-state index contributed by atoms with van der Waals surface area (Å²) in [7, 11) is 0. The first-order valence-electron chi connectivity index (χ1n) is 4.21. The van der Waals surface area contributed by atoms with Crippen LogP contribution in [0, 0.1) is 23.0 Å². The molecule has 5 heteroatoms. The highest BCUT2D eigenvalue weighted by molar-refractivity contribution is 5.78. The van der Waals surface area contributed by atoms with Crippen LogP contribution in [0.15, 0.2) is 18.2 Å². The Labute approximate surface area is 85.3 Å². The molecule has 0 saturated carbocycles. The molecule has 0 heterocycles. The van der Waals surface area contributed by atoms with Crippen molar-refractivity contribution in [2.75, 3.05) is 6.54 Å².